The first-order valence-electron chi connectivity index (χ1n) is 4.06. The Labute approximate surface area is 74.5 Å². The minimum Gasteiger partial charge on any atom is -0.480 e. The third-order valence-electron chi connectivity index (χ3n) is 2.60. The fourth-order valence-electron chi connectivity index (χ4n) is 1.57. The summed E-state index contributed by atoms with van der Waals surface area (Å²) in [6, 6.07) is 0.799. The monoisotopic (exact) mass is 182 g/mol. The highest BCUT2D eigenvalue weighted by Crippen LogP contribution is 2.49. The minimum atomic E-state index is -0.986. The van der Waals surface area contributed by atoms with Crippen LogP contribution in [0.25, 0.3) is 0 Å². The lowest BCUT2D eigenvalue weighted by Crippen LogP contribution is -2.42. The van der Waals surface area contributed by atoms with Crippen molar-refractivity contribution < 1.29 is 14.4 Å². The predicted octanol–water partition coefficient (Wildman–Crippen LogP) is 0.118. The molecule has 0 bridgehead atoms. The maximum absolute atomic E-state index is 10.7. The molecule has 0 aromatic carbocycles. The van der Waals surface area contributed by atoms with Crippen molar-refractivity contribution in [1.82, 2.24) is 5.16 Å². The molecule has 1 aromatic rings. The van der Waals surface area contributed by atoms with Crippen molar-refractivity contribution in [2.75, 3.05) is 0 Å². The van der Waals surface area contributed by atoms with Crippen molar-refractivity contribution >= 4 is 5.97 Å². The number of carbonyl (C=O) groups is 1. The topological polar surface area (TPSA) is 89.4 Å². The Bertz CT molecular complexity index is 316. The molecule has 5 nitrogen and oxygen atoms in total. The van der Waals surface area contributed by atoms with E-state index in [1.165, 1.54) is 6.26 Å². The third-order valence-corrected chi connectivity index (χ3v) is 2.60. The Balaban J connectivity index is 2.27. The number of aromatic nitrogens is 1. The summed E-state index contributed by atoms with van der Waals surface area (Å²) in [7, 11) is 0. The molecule has 3 N–H and O–H groups in total. The summed E-state index contributed by atoms with van der Waals surface area (Å²) in [6.45, 7) is 0. The van der Waals surface area contributed by atoms with Gasteiger partial charge in [-0.05, 0) is 12.8 Å². The first kappa shape index (κ1) is 8.25. The minimum absolute atomic E-state index is 0.473. The van der Waals surface area contributed by atoms with Crippen LogP contribution in [0.1, 0.15) is 18.5 Å². The number of carboxylic acid groups (broad SMARTS) is 1. The Hall–Kier alpha value is -1.36. The lowest BCUT2D eigenvalue weighted by Gasteiger charge is -2.15. The molecular weight excluding hydrogens is 172 g/mol. The first-order chi connectivity index (χ1) is 6.17. The summed E-state index contributed by atoms with van der Waals surface area (Å²) < 4.78 is 4.67. The fraction of sp³-hybridized carbons (Fsp3) is 0.500. The van der Waals surface area contributed by atoms with Gasteiger partial charge in [0.1, 0.15) is 12.3 Å². The molecule has 1 fully saturated rings. The molecule has 0 spiro atoms. The van der Waals surface area contributed by atoms with E-state index in [1.807, 2.05) is 0 Å². The van der Waals surface area contributed by atoms with Gasteiger partial charge in [0.05, 0.1) is 5.69 Å². The lowest BCUT2D eigenvalue weighted by molar-refractivity contribution is -0.139. The highest BCUT2D eigenvalue weighted by molar-refractivity contribution is 5.76. The van der Waals surface area contributed by atoms with E-state index in [4.69, 9.17) is 10.8 Å². The van der Waals surface area contributed by atoms with E-state index in [1.54, 1.807) is 6.07 Å². The Morgan fingerprint density at radius 1 is 1.77 bits per heavy atom. The molecule has 13 heavy (non-hydrogen) atoms. The second-order valence-corrected chi connectivity index (χ2v) is 3.36. The van der Waals surface area contributed by atoms with Gasteiger partial charge in [0, 0.05) is 11.5 Å². The molecule has 0 amide bonds. The van der Waals surface area contributed by atoms with Gasteiger partial charge in [0.25, 0.3) is 0 Å². The average Bonchev–Trinajstić information content (AvgIpc) is 2.72. The van der Waals surface area contributed by atoms with E-state index in [0.717, 1.165) is 12.8 Å². The van der Waals surface area contributed by atoms with Gasteiger partial charge in [-0.1, -0.05) is 5.16 Å². The van der Waals surface area contributed by atoms with Crippen molar-refractivity contribution in [3.8, 4) is 0 Å². The van der Waals surface area contributed by atoms with Crippen molar-refractivity contribution in [3.05, 3.63) is 18.0 Å². The van der Waals surface area contributed by atoms with E-state index < -0.39 is 17.4 Å². The van der Waals surface area contributed by atoms with E-state index >= 15 is 0 Å². The molecule has 0 aliphatic heterocycles. The van der Waals surface area contributed by atoms with Crippen molar-refractivity contribution in [1.29, 1.82) is 0 Å². The molecule has 1 aliphatic rings. The van der Waals surface area contributed by atoms with Crippen molar-refractivity contribution in [2.24, 2.45) is 5.73 Å². The van der Waals surface area contributed by atoms with Crippen LogP contribution in [0.2, 0.25) is 0 Å². The number of aliphatic carboxylic acids is 1. The summed E-state index contributed by atoms with van der Waals surface area (Å²) in [5.74, 6) is -0.986. The summed E-state index contributed by atoms with van der Waals surface area (Å²) >= 11 is 0. The first-order valence-corrected chi connectivity index (χ1v) is 4.06. The van der Waals surface area contributed by atoms with E-state index in [0.29, 0.717) is 5.69 Å². The van der Waals surface area contributed by atoms with Crippen LogP contribution in [0.3, 0.4) is 0 Å². The Morgan fingerprint density at radius 3 is 2.85 bits per heavy atom. The predicted molar refractivity (Wildman–Crippen MR) is 43.0 cm³/mol. The molecule has 1 atom stereocenters. The molecule has 5 heteroatoms. The number of hydrogen-bond donors (Lipinski definition) is 2. The highest BCUT2D eigenvalue weighted by atomic mass is 16.5. The zero-order valence-electron chi connectivity index (χ0n) is 6.93. The summed E-state index contributed by atoms with van der Waals surface area (Å²) in [5.41, 5.74) is 5.75. The van der Waals surface area contributed by atoms with Crippen LogP contribution in [0.5, 0.6) is 0 Å². The largest absolute Gasteiger partial charge is 0.480 e. The molecule has 2 rings (SSSR count). The Morgan fingerprint density at radius 2 is 2.46 bits per heavy atom. The number of rotatable bonds is 3. The van der Waals surface area contributed by atoms with Gasteiger partial charge in [0.15, 0.2) is 0 Å². The van der Waals surface area contributed by atoms with Gasteiger partial charge in [-0.3, -0.25) is 4.79 Å². The highest BCUT2D eigenvalue weighted by Gasteiger charge is 2.54. The van der Waals surface area contributed by atoms with Crippen LogP contribution in [-0.4, -0.2) is 22.3 Å². The molecule has 70 valence electrons. The molecule has 1 unspecified atom stereocenters. The zero-order chi connectivity index (χ0) is 9.47. The lowest BCUT2D eigenvalue weighted by atomic mass is 9.93. The number of carboxylic acids is 1. The van der Waals surface area contributed by atoms with Gasteiger partial charge in [-0.25, -0.2) is 0 Å². The second-order valence-electron chi connectivity index (χ2n) is 3.36. The molecular formula is C8H10N2O3. The standard InChI is InChI=1S/C8H10N2O3/c9-6(7(11)12)8(2-3-8)5-1-4-13-10-5/h1,4,6H,2-3,9H2,(H,11,12). The van der Waals surface area contributed by atoms with Crippen LogP contribution in [0.4, 0.5) is 0 Å². The van der Waals surface area contributed by atoms with Crippen LogP contribution in [0, 0.1) is 0 Å². The van der Waals surface area contributed by atoms with Gasteiger partial charge >= 0.3 is 5.97 Å². The number of nitrogens with two attached hydrogens (primary N) is 1. The third kappa shape index (κ3) is 1.12. The smallest absolute Gasteiger partial charge is 0.321 e. The normalized spacial score (nSPS) is 21.0. The van der Waals surface area contributed by atoms with Crippen molar-refractivity contribution in [3.63, 3.8) is 0 Å². The average molecular weight is 182 g/mol. The summed E-state index contributed by atoms with van der Waals surface area (Å²) in [5, 5.41) is 12.5. The van der Waals surface area contributed by atoms with Crippen LogP contribution in [-0.2, 0) is 10.2 Å². The summed E-state index contributed by atoms with van der Waals surface area (Å²) in [6.07, 6.45) is 2.98. The maximum atomic E-state index is 10.7. The second kappa shape index (κ2) is 2.56. The van der Waals surface area contributed by atoms with Crippen LogP contribution >= 0.6 is 0 Å². The van der Waals surface area contributed by atoms with Gasteiger partial charge in [-0.2, -0.15) is 0 Å². The van der Waals surface area contributed by atoms with Crippen LogP contribution in [0.15, 0.2) is 16.9 Å². The SMILES string of the molecule is NC(C(=O)O)C1(c2ccon2)CC1. The van der Waals surface area contributed by atoms with E-state index in [2.05, 4.69) is 9.68 Å². The Kier molecular flexibility index (Phi) is 1.63. The molecule has 0 radical (unpaired) electrons. The zero-order valence-corrected chi connectivity index (χ0v) is 6.93. The van der Waals surface area contributed by atoms with E-state index in [9.17, 15) is 4.79 Å². The molecule has 1 aromatic heterocycles. The molecule has 0 saturated heterocycles. The number of hydrogen-bond acceptors (Lipinski definition) is 4. The van der Waals surface area contributed by atoms with Crippen molar-refractivity contribution in [2.45, 2.75) is 24.3 Å². The fourth-order valence-corrected chi connectivity index (χ4v) is 1.57. The van der Waals surface area contributed by atoms with Gasteiger partial charge < -0.3 is 15.4 Å². The maximum Gasteiger partial charge on any atom is 0.321 e. The molecule has 1 aliphatic carbocycles. The summed E-state index contributed by atoms with van der Waals surface area (Å²) in [4.78, 5) is 10.7. The molecule has 1 heterocycles. The van der Waals surface area contributed by atoms with Gasteiger partial charge in [-0.15, -0.1) is 0 Å². The molecule has 1 saturated carbocycles. The quantitative estimate of drug-likeness (QED) is 0.692. The van der Waals surface area contributed by atoms with Crippen LogP contribution < -0.4 is 5.73 Å². The number of nitrogens with zero attached hydrogens (tertiary/aromatic N) is 1. The van der Waals surface area contributed by atoms with Gasteiger partial charge in [0.2, 0.25) is 0 Å². The van der Waals surface area contributed by atoms with E-state index in [-0.39, 0.29) is 0 Å².